The van der Waals surface area contributed by atoms with E-state index in [1.165, 1.54) is 16.9 Å². The first-order chi connectivity index (χ1) is 15.5. The van der Waals surface area contributed by atoms with Gasteiger partial charge in [-0.3, -0.25) is 4.79 Å². The molecule has 0 radical (unpaired) electrons. The molecule has 7 heteroatoms. The Kier molecular flexibility index (Phi) is 5.89. The quantitative estimate of drug-likeness (QED) is 0.397. The van der Waals surface area contributed by atoms with Gasteiger partial charge in [-0.25, -0.2) is 9.99 Å². The predicted octanol–water partition coefficient (Wildman–Crippen LogP) is 7.20. The van der Waals surface area contributed by atoms with Crippen molar-refractivity contribution in [3.8, 4) is 0 Å². The number of hydrogen-bond donors (Lipinski definition) is 0. The van der Waals surface area contributed by atoms with Crippen LogP contribution in [0.2, 0.25) is 10.0 Å². The van der Waals surface area contributed by atoms with Crippen LogP contribution >= 0.6 is 34.5 Å². The van der Waals surface area contributed by atoms with Crippen molar-refractivity contribution in [2.24, 2.45) is 11.0 Å². The number of amides is 1. The molecule has 162 valence electrons. The van der Waals surface area contributed by atoms with E-state index in [2.05, 4.69) is 11.1 Å². The molecule has 1 amide bonds. The van der Waals surface area contributed by atoms with Gasteiger partial charge in [-0.2, -0.15) is 5.10 Å². The first kappa shape index (κ1) is 21.4. The summed E-state index contributed by atoms with van der Waals surface area (Å²) in [7, 11) is 0. The first-order valence-corrected chi connectivity index (χ1v) is 12.2. The van der Waals surface area contributed by atoms with Gasteiger partial charge in [0.15, 0.2) is 0 Å². The minimum absolute atomic E-state index is 0.0994. The van der Waals surface area contributed by atoms with E-state index in [-0.39, 0.29) is 17.9 Å². The normalized spacial score (nSPS) is 21.5. The SMILES string of the molecule is Cc1ncsc1C(=O)N1N=C2/C(=C\c3ccc(Cl)cc3)CCC[C@@H]2[C@H]1c1ccc(Cl)cc1. The molecule has 2 atom stereocenters. The van der Waals surface area contributed by atoms with Crippen LogP contribution in [-0.2, 0) is 0 Å². The maximum atomic E-state index is 13.6. The molecule has 1 fully saturated rings. The van der Waals surface area contributed by atoms with Crippen molar-refractivity contribution in [2.45, 2.75) is 32.2 Å². The number of aryl methyl sites for hydroxylation is 1. The Hall–Kier alpha value is -2.47. The monoisotopic (exact) mass is 481 g/mol. The average Bonchev–Trinajstić information content (AvgIpc) is 3.40. The molecule has 2 aromatic carbocycles. The molecule has 0 unspecified atom stereocenters. The first-order valence-electron chi connectivity index (χ1n) is 10.6. The Balaban J connectivity index is 1.58. The molecular weight excluding hydrogens is 461 g/mol. The number of halogens is 2. The number of hydrogen-bond acceptors (Lipinski definition) is 4. The van der Waals surface area contributed by atoms with Gasteiger partial charge < -0.3 is 0 Å². The van der Waals surface area contributed by atoms with E-state index in [1.807, 2.05) is 55.5 Å². The van der Waals surface area contributed by atoms with Crippen LogP contribution in [0.1, 0.15) is 51.8 Å². The van der Waals surface area contributed by atoms with Crippen LogP contribution in [-0.4, -0.2) is 21.6 Å². The Morgan fingerprint density at radius 2 is 1.78 bits per heavy atom. The molecule has 2 aliphatic rings. The van der Waals surface area contributed by atoms with Crippen LogP contribution in [0.25, 0.3) is 6.08 Å². The molecule has 1 aliphatic carbocycles. The van der Waals surface area contributed by atoms with E-state index in [4.69, 9.17) is 28.3 Å². The fourth-order valence-electron chi connectivity index (χ4n) is 4.53. The fourth-order valence-corrected chi connectivity index (χ4v) is 5.52. The number of nitrogens with zero attached hydrogens (tertiary/aromatic N) is 3. The fraction of sp³-hybridized carbons (Fsp3) is 0.240. The second-order valence-electron chi connectivity index (χ2n) is 8.12. The molecule has 1 aliphatic heterocycles. The summed E-state index contributed by atoms with van der Waals surface area (Å²) in [5.41, 5.74) is 6.75. The Morgan fingerprint density at radius 1 is 1.09 bits per heavy atom. The summed E-state index contributed by atoms with van der Waals surface area (Å²) in [4.78, 5) is 18.5. The zero-order valence-electron chi connectivity index (χ0n) is 17.5. The van der Waals surface area contributed by atoms with Gasteiger partial charge >= 0.3 is 0 Å². The summed E-state index contributed by atoms with van der Waals surface area (Å²) in [5, 5.41) is 8.00. The van der Waals surface area contributed by atoms with Crippen molar-refractivity contribution in [3.05, 3.63) is 91.4 Å². The molecular formula is C25H21Cl2N3OS. The lowest BCUT2D eigenvalue weighted by atomic mass is 9.77. The minimum Gasteiger partial charge on any atom is -0.266 e. The number of allylic oxidation sites excluding steroid dienone is 1. The summed E-state index contributed by atoms with van der Waals surface area (Å²) >= 11 is 13.6. The molecule has 5 rings (SSSR count). The Labute approximate surface area is 201 Å². The van der Waals surface area contributed by atoms with Gasteiger partial charge in [0, 0.05) is 16.0 Å². The van der Waals surface area contributed by atoms with Gasteiger partial charge in [0.05, 0.1) is 23.0 Å². The number of benzene rings is 2. The molecule has 0 bridgehead atoms. The highest BCUT2D eigenvalue weighted by Crippen LogP contribution is 2.45. The second kappa shape index (κ2) is 8.81. The molecule has 0 spiro atoms. The lowest BCUT2D eigenvalue weighted by Gasteiger charge is -2.29. The number of aromatic nitrogens is 1. The van der Waals surface area contributed by atoms with Crippen molar-refractivity contribution < 1.29 is 4.79 Å². The number of carbonyl (C=O) groups is 1. The van der Waals surface area contributed by atoms with Gasteiger partial charge in [0.2, 0.25) is 0 Å². The average molecular weight is 482 g/mol. The van der Waals surface area contributed by atoms with Crippen molar-refractivity contribution >= 4 is 52.2 Å². The zero-order chi connectivity index (χ0) is 22.2. The van der Waals surface area contributed by atoms with Crippen LogP contribution in [0.5, 0.6) is 0 Å². The molecule has 0 saturated heterocycles. The molecule has 0 N–H and O–H groups in total. The number of thiazole rings is 1. The van der Waals surface area contributed by atoms with Gasteiger partial charge in [-0.15, -0.1) is 11.3 Å². The summed E-state index contributed by atoms with van der Waals surface area (Å²) in [5.74, 6) is 0.0401. The van der Waals surface area contributed by atoms with Gasteiger partial charge in [-0.1, -0.05) is 47.5 Å². The van der Waals surface area contributed by atoms with Crippen molar-refractivity contribution in [3.63, 3.8) is 0 Å². The highest BCUT2D eigenvalue weighted by atomic mass is 35.5. The van der Waals surface area contributed by atoms with E-state index in [0.29, 0.717) is 14.9 Å². The summed E-state index contributed by atoms with van der Waals surface area (Å²) in [6, 6.07) is 15.4. The largest absolute Gasteiger partial charge is 0.286 e. The lowest BCUT2D eigenvalue weighted by molar-refractivity contribution is 0.0685. The van der Waals surface area contributed by atoms with E-state index in [1.54, 1.807) is 10.5 Å². The van der Waals surface area contributed by atoms with Gasteiger partial charge in [0.25, 0.3) is 5.91 Å². The molecule has 4 nitrogen and oxygen atoms in total. The topological polar surface area (TPSA) is 45.6 Å². The van der Waals surface area contributed by atoms with E-state index < -0.39 is 0 Å². The van der Waals surface area contributed by atoms with Crippen LogP contribution in [0, 0.1) is 12.8 Å². The van der Waals surface area contributed by atoms with Gasteiger partial charge in [-0.05, 0) is 73.2 Å². The number of rotatable bonds is 3. The number of hydrazone groups is 1. The standard InChI is InChI=1S/C25H21Cl2N3OS/c1-15-24(32-14-28-15)25(31)30-23(17-7-11-20(27)12-8-17)21-4-2-3-18(22(21)29-30)13-16-5-9-19(26)10-6-16/h5-14,21,23H,2-4H2,1H3/b18-13-/t21-,23+/m0/s1. The summed E-state index contributed by atoms with van der Waals surface area (Å²) in [6.45, 7) is 1.86. The number of carbonyl (C=O) groups excluding carboxylic acids is 1. The van der Waals surface area contributed by atoms with E-state index >= 15 is 0 Å². The van der Waals surface area contributed by atoms with E-state index in [0.717, 1.165) is 41.8 Å². The smallest absolute Gasteiger partial charge is 0.266 e. The summed E-state index contributed by atoms with van der Waals surface area (Å²) in [6.07, 6.45) is 5.14. The van der Waals surface area contributed by atoms with Crippen LogP contribution in [0.15, 0.2) is 64.7 Å². The predicted molar refractivity (Wildman–Crippen MR) is 131 cm³/mol. The molecule has 32 heavy (non-hydrogen) atoms. The Bertz CT molecular complexity index is 1210. The van der Waals surface area contributed by atoms with Crippen LogP contribution in [0.3, 0.4) is 0 Å². The molecule has 1 saturated carbocycles. The molecule has 2 heterocycles. The third kappa shape index (κ3) is 4.01. The third-order valence-corrected chi connectivity index (χ3v) is 7.49. The van der Waals surface area contributed by atoms with Crippen molar-refractivity contribution in [2.75, 3.05) is 0 Å². The van der Waals surface area contributed by atoms with Crippen LogP contribution in [0.4, 0.5) is 0 Å². The zero-order valence-corrected chi connectivity index (χ0v) is 19.8. The van der Waals surface area contributed by atoms with E-state index in [9.17, 15) is 4.79 Å². The molecule has 1 aromatic heterocycles. The number of fused-ring (bicyclic) bond motifs is 1. The van der Waals surface area contributed by atoms with Crippen molar-refractivity contribution in [1.29, 1.82) is 0 Å². The minimum atomic E-state index is -0.162. The lowest BCUT2D eigenvalue weighted by Crippen LogP contribution is -2.31. The Morgan fingerprint density at radius 3 is 2.44 bits per heavy atom. The van der Waals surface area contributed by atoms with Crippen molar-refractivity contribution in [1.82, 2.24) is 9.99 Å². The third-order valence-electron chi connectivity index (χ3n) is 6.07. The maximum absolute atomic E-state index is 13.6. The van der Waals surface area contributed by atoms with Crippen LogP contribution < -0.4 is 0 Å². The molecule has 3 aromatic rings. The summed E-state index contributed by atoms with van der Waals surface area (Å²) < 4.78 is 0. The maximum Gasteiger partial charge on any atom is 0.286 e. The highest BCUT2D eigenvalue weighted by molar-refractivity contribution is 7.11. The highest BCUT2D eigenvalue weighted by Gasteiger charge is 2.44. The second-order valence-corrected chi connectivity index (χ2v) is 9.85. The van der Waals surface area contributed by atoms with Gasteiger partial charge in [0.1, 0.15) is 4.88 Å².